The Balaban J connectivity index is 1.70. The van der Waals surface area contributed by atoms with Crippen LogP contribution in [0.4, 0.5) is 0 Å². The number of aromatic carboxylic acids is 1. The van der Waals surface area contributed by atoms with Crippen LogP contribution >= 0.6 is 0 Å². The Hall–Kier alpha value is -2.07. The Bertz CT molecular complexity index is 563. The van der Waals surface area contributed by atoms with Gasteiger partial charge in [0.1, 0.15) is 5.76 Å². The predicted molar refractivity (Wildman–Crippen MR) is 65.1 cm³/mol. The Morgan fingerprint density at radius 3 is 2.39 bits per heavy atom. The zero-order valence-electron chi connectivity index (χ0n) is 9.80. The summed E-state index contributed by atoms with van der Waals surface area (Å²) in [5.41, 5.74) is 2.67. The van der Waals surface area contributed by atoms with Crippen molar-refractivity contribution in [2.24, 2.45) is 0 Å². The van der Waals surface area contributed by atoms with Crippen molar-refractivity contribution in [2.45, 2.75) is 19.6 Å². The molecule has 2 aromatic rings. The van der Waals surface area contributed by atoms with Crippen LogP contribution in [0.5, 0.6) is 0 Å². The SMILES string of the molecule is O=C(O)c1ccc(CN2Cc3ccccc3C2)o1. The van der Waals surface area contributed by atoms with Crippen molar-refractivity contribution in [1.29, 1.82) is 0 Å². The van der Waals surface area contributed by atoms with Crippen molar-refractivity contribution in [3.05, 3.63) is 59.0 Å². The molecule has 1 aliphatic rings. The molecular weight excluding hydrogens is 230 g/mol. The number of benzene rings is 1. The van der Waals surface area contributed by atoms with Gasteiger partial charge in [0.05, 0.1) is 6.54 Å². The largest absolute Gasteiger partial charge is 0.475 e. The van der Waals surface area contributed by atoms with Crippen molar-refractivity contribution in [1.82, 2.24) is 4.90 Å². The number of nitrogens with zero attached hydrogens (tertiary/aromatic N) is 1. The van der Waals surface area contributed by atoms with Gasteiger partial charge in [-0.05, 0) is 23.3 Å². The molecule has 1 aliphatic heterocycles. The van der Waals surface area contributed by atoms with Crippen LogP contribution < -0.4 is 0 Å². The Morgan fingerprint density at radius 1 is 1.17 bits per heavy atom. The second kappa shape index (κ2) is 4.31. The van der Waals surface area contributed by atoms with E-state index in [0.29, 0.717) is 12.3 Å². The van der Waals surface area contributed by atoms with Gasteiger partial charge in [-0.3, -0.25) is 4.90 Å². The highest BCUT2D eigenvalue weighted by atomic mass is 16.4. The van der Waals surface area contributed by atoms with Gasteiger partial charge in [0, 0.05) is 13.1 Å². The summed E-state index contributed by atoms with van der Waals surface area (Å²) in [5.74, 6) is -0.326. The lowest BCUT2D eigenvalue weighted by Crippen LogP contribution is -2.15. The molecule has 1 aromatic carbocycles. The van der Waals surface area contributed by atoms with Gasteiger partial charge in [0.15, 0.2) is 0 Å². The first-order chi connectivity index (χ1) is 8.72. The van der Waals surface area contributed by atoms with Gasteiger partial charge in [-0.1, -0.05) is 24.3 Å². The van der Waals surface area contributed by atoms with Crippen LogP contribution in [0.3, 0.4) is 0 Å². The molecule has 0 saturated carbocycles. The molecule has 3 rings (SSSR count). The lowest BCUT2D eigenvalue weighted by atomic mass is 10.1. The van der Waals surface area contributed by atoms with Gasteiger partial charge < -0.3 is 9.52 Å². The molecule has 0 spiro atoms. The van der Waals surface area contributed by atoms with Crippen LogP contribution in [0.2, 0.25) is 0 Å². The molecule has 92 valence electrons. The summed E-state index contributed by atoms with van der Waals surface area (Å²) in [6.07, 6.45) is 0. The van der Waals surface area contributed by atoms with E-state index < -0.39 is 5.97 Å². The summed E-state index contributed by atoms with van der Waals surface area (Å²) in [4.78, 5) is 13.0. The van der Waals surface area contributed by atoms with Crippen LogP contribution in [-0.4, -0.2) is 16.0 Å². The quantitative estimate of drug-likeness (QED) is 0.899. The fourth-order valence-corrected chi connectivity index (χ4v) is 2.31. The maximum atomic E-state index is 10.7. The van der Waals surface area contributed by atoms with E-state index in [1.807, 2.05) is 12.1 Å². The van der Waals surface area contributed by atoms with E-state index in [2.05, 4.69) is 17.0 Å². The predicted octanol–water partition coefficient (Wildman–Crippen LogP) is 2.49. The van der Waals surface area contributed by atoms with Crippen molar-refractivity contribution in [3.8, 4) is 0 Å². The first-order valence-corrected chi connectivity index (χ1v) is 5.83. The highest BCUT2D eigenvalue weighted by Crippen LogP contribution is 2.24. The minimum absolute atomic E-state index is 0.00158. The number of hydrogen-bond acceptors (Lipinski definition) is 3. The molecule has 0 atom stereocenters. The molecule has 4 heteroatoms. The van der Waals surface area contributed by atoms with Crippen molar-refractivity contribution in [3.63, 3.8) is 0 Å². The average molecular weight is 243 g/mol. The molecule has 1 N–H and O–H groups in total. The third-order valence-electron chi connectivity index (χ3n) is 3.16. The molecule has 2 heterocycles. The minimum Gasteiger partial charge on any atom is -0.475 e. The normalized spacial score (nSPS) is 14.7. The number of fused-ring (bicyclic) bond motifs is 1. The summed E-state index contributed by atoms with van der Waals surface area (Å²) in [5, 5.41) is 8.79. The number of carboxylic acid groups (broad SMARTS) is 1. The van der Waals surface area contributed by atoms with E-state index in [-0.39, 0.29) is 5.76 Å². The van der Waals surface area contributed by atoms with Gasteiger partial charge in [-0.2, -0.15) is 0 Å². The van der Waals surface area contributed by atoms with E-state index >= 15 is 0 Å². The van der Waals surface area contributed by atoms with Gasteiger partial charge in [0.25, 0.3) is 0 Å². The molecule has 0 fully saturated rings. The molecule has 0 unspecified atom stereocenters. The summed E-state index contributed by atoms with van der Waals surface area (Å²) >= 11 is 0. The smallest absolute Gasteiger partial charge is 0.371 e. The number of hydrogen-bond donors (Lipinski definition) is 1. The maximum Gasteiger partial charge on any atom is 0.371 e. The maximum absolute atomic E-state index is 10.7. The van der Waals surface area contributed by atoms with Crippen molar-refractivity contribution < 1.29 is 14.3 Å². The number of carbonyl (C=O) groups is 1. The van der Waals surface area contributed by atoms with E-state index in [9.17, 15) is 4.79 Å². The topological polar surface area (TPSA) is 53.7 Å². The Morgan fingerprint density at radius 2 is 1.83 bits per heavy atom. The number of furan rings is 1. The highest BCUT2D eigenvalue weighted by molar-refractivity contribution is 5.84. The molecule has 0 aliphatic carbocycles. The van der Waals surface area contributed by atoms with Gasteiger partial charge in [-0.25, -0.2) is 4.79 Å². The van der Waals surface area contributed by atoms with Gasteiger partial charge in [-0.15, -0.1) is 0 Å². The molecule has 0 amide bonds. The summed E-state index contributed by atoms with van der Waals surface area (Å²) in [7, 11) is 0. The van der Waals surface area contributed by atoms with Crippen LogP contribution in [0.25, 0.3) is 0 Å². The van der Waals surface area contributed by atoms with Crippen LogP contribution in [0.1, 0.15) is 27.4 Å². The number of rotatable bonds is 3. The zero-order chi connectivity index (χ0) is 12.5. The zero-order valence-corrected chi connectivity index (χ0v) is 9.80. The third kappa shape index (κ3) is 2.02. The average Bonchev–Trinajstić information content (AvgIpc) is 2.94. The second-order valence-corrected chi connectivity index (χ2v) is 4.48. The highest BCUT2D eigenvalue weighted by Gasteiger charge is 2.19. The van der Waals surface area contributed by atoms with E-state index in [4.69, 9.17) is 9.52 Å². The van der Waals surface area contributed by atoms with Crippen LogP contribution in [0.15, 0.2) is 40.8 Å². The third-order valence-corrected chi connectivity index (χ3v) is 3.16. The molecule has 0 radical (unpaired) electrons. The molecule has 4 nitrogen and oxygen atoms in total. The van der Waals surface area contributed by atoms with Crippen molar-refractivity contribution in [2.75, 3.05) is 0 Å². The second-order valence-electron chi connectivity index (χ2n) is 4.48. The standard InChI is InChI=1S/C14H13NO3/c16-14(17)13-6-5-12(18-13)9-15-7-10-3-1-2-4-11(10)8-15/h1-6H,7-9H2,(H,16,17). The summed E-state index contributed by atoms with van der Waals surface area (Å²) in [6.45, 7) is 2.42. The van der Waals surface area contributed by atoms with E-state index in [1.54, 1.807) is 6.07 Å². The summed E-state index contributed by atoms with van der Waals surface area (Å²) < 4.78 is 5.26. The monoisotopic (exact) mass is 243 g/mol. The first-order valence-electron chi connectivity index (χ1n) is 5.83. The molecule has 0 saturated heterocycles. The lowest BCUT2D eigenvalue weighted by molar-refractivity contribution is 0.0658. The first kappa shape index (κ1) is 11.0. The Kier molecular flexibility index (Phi) is 2.64. The van der Waals surface area contributed by atoms with E-state index in [0.717, 1.165) is 13.1 Å². The molecule has 1 aromatic heterocycles. The summed E-state index contributed by atoms with van der Waals surface area (Å²) in [6, 6.07) is 11.6. The van der Waals surface area contributed by atoms with Crippen LogP contribution in [-0.2, 0) is 19.6 Å². The van der Waals surface area contributed by atoms with Crippen LogP contribution in [0, 0.1) is 0 Å². The fraction of sp³-hybridized carbons (Fsp3) is 0.214. The molecule has 0 bridgehead atoms. The molecule has 18 heavy (non-hydrogen) atoms. The van der Waals surface area contributed by atoms with Crippen molar-refractivity contribution >= 4 is 5.97 Å². The van der Waals surface area contributed by atoms with Gasteiger partial charge in [0.2, 0.25) is 5.76 Å². The van der Waals surface area contributed by atoms with Gasteiger partial charge >= 0.3 is 5.97 Å². The van der Waals surface area contributed by atoms with E-state index in [1.165, 1.54) is 17.2 Å². The Labute approximate surface area is 104 Å². The fourth-order valence-electron chi connectivity index (χ4n) is 2.31. The minimum atomic E-state index is -1.02. The molecular formula is C14H13NO3. The lowest BCUT2D eigenvalue weighted by Gasteiger charge is -2.12. The number of carboxylic acids is 1.